The minimum absolute atomic E-state index is 0.0734. The fraction of sp³-hybridized carbons (Fsp3) is 0.800. The lowest BCUT2D eigenvalue weighted by molar-refractivity contribution is -0.120. The Balaban J connectivity index is 1.94. The van der Waals surface area contributed by atoms with Crippen molar-refractivity contribution in [2.75, 3.05) is 52.5 Å². The highest BCUT2D eigenvalue weighted by Gasteiger charge is 2.09. The molecule has 0 atom stereocenters. The van der Waals surface area contributed by atoms with Crippen molar-refractivity contribution in [2.24, 2.45) is 0 Å². The van der Waals surface area contributed by atoms with E-state index in [4.69, 9.17) is 10.00 Å². The number of nitrogens with one attached hydrogen (secondary N) is 2. The van der Waals surface area contributed by atoms with Crippen LogP contribution in [0.5, 0.6) is 0 Å². The third kappa shape index (κ3) is 5.66. The number of nitriles is 1. The third-order valence-electron chi connectivity index (χ3n) is 2.36. The zero-order valence-corrected chi connectivity index (χ0v) is 9.37. The van der Waals surface area contributed by atoms with E-state index in [1.165, 1.54) is 0 Å². The molecule has 0 spiro atoms. The van der Waals surface area contributed by atoms with Gasteiger partial charge in [-0.05, 0) is 0 Å². The Bertz CT molecular complexity index is 246. The Kier molecular flexibility index (Phi) is 6.49. The maximum absolute atomic E-state index is 11.1. The molecule has 1 aliphatic rings. The van der Waals surface area contributed by atoms with Gasteiger partial charge < -0.3 is 15.4 Å². The first-order valence-corrected chi connectivity index (χ1v) is 5.47. The van der Waals surface area contributed by atoms with Crippen LogP contribution in [0.15, 0.2) is 0 Å². The average molecular weight is 226 g/mol. The molecule has 0 aliphatic carbocycles. The molecule has 0 aromatic carbocycles. The summed E-state index contributed by atoms with van der Waals surface area (Å²) in [7, 11) is 0. The lowest BCUT2D eigenvalue weighted by Crippen LogP contribution is -2.42. The highest BCUT2D eigenvalue weighted by molar-refractivity contribution is 5.78. The Morgan fingerprint density at radius 2 is 2.19 bits per heavy atom. The molecule has 2 N–H and O–H groups in total. The lowest BCUT2D eigenvalue weighted by Gasteiger charge is -2.26. The van der Waals surface area contributed by atoms with Gasteiger partial charge in [0.05, 0.1) is 25.8 Å². The number of morpholine rings is 1. The fourth-order valence-electron chi connectivity index (χ4n) is 1.46. The number of ether oxygens (including phenoxy) is 1. The van der Waals surface area contributed by atoms with Crippen LogP contribution in [0, 0.1) is 11.3 Å². The van der Waals surface area contributed by atoms with Crippen LogP contribution in [-0.2, 0) is 9.53 Å². The van der Waals surface area contributed by atoms with Crippen LogP contribution in [-0.4, -0.2) is 63.3 Å². The predicted octanol–water partition coefficient (Wildman–Crippen LogP) is -1.45. The summed E-state index contributed by atoms with van der Waals surface area (Å²) < 4.78 is 5.23. The molecule has 0 aromatic heterocycles. The number of carbonyl (C=O) groups excluding carboxylic acids is 1. The van der Waals surface area contributed by atoms with E-state index in [0.717, 1.165) is 39.4 Å². The van der Waals surface area contributed by atoms with Crippen LogP contribution >= 0.6 is 0 Å². The van der Waals surface area contributed by atoms with Gasteiger partial charge in [-0.1, -0.05) is 0 Å². The van der Waals surface area contributed by atoms with Gasteiger partial charge in [0.25, 0.3) is 0 Å². The molecule has 1 amide bonds. The van der Waals surface area contributed by atoms with Gasteiger partial charge in [0, 0.05) is 26.2 Å². The molecule has 1 rings (SSSR count). The standard InChI is InChI=1S/C10H18N4O2/c11-1-2-13-10(15)9-12-3-4-14-5-7-16-8-6-14/h12H,2-9H2,(H,13,15). The smallest absolute Gasteiger partial charge is 0.234 e. The van der Waals surface area contributed by atoms with Gasteiger partial charge in [-0.2, -0.15) is 5.26 Å². The van der Waals surface area contributed by atoms with Crippen LogP contribution in [0.1, 0.15) is 0 Å². The Labute approximate surface area is 95.5 Å². The molecule has 6 nitrogen and oxygen atoms in total. The van der Waals surface area contributed by atoms with Gasteiger partial charge >= 0.3 is 0 Å². The first-order valence-electron chi connectivity index (χ1n) is 5.47. The van der Waals surface area contributed by atoms with Gasteiger partial charge in [-0.25, -0.2) is 0 Å². The van der Waals surface area contributed by atoms with E-state index < -0.39 is 0 Å². The molecule has 0 radical (unpaired) electrons. The summed E-state index contributed by atoms with van der Waals surface area (Å²) in [6, 6.07) is 1.86. The SMILES string of the molecule is N#CCNC(=O)CNCCN1CCOCC1. The molecule has 1 aliphatic heterocycles. The minimum Gasteiger partial charge on any atom is -0.379 e. The van der Waals surface area contributed by atoms with Crippen molar-refractivity contribution < 1.29 is 9.53 Å². The van der Waals surface area contributed by atoms with E-state index in [-0.39, 0.29) is 19.0 Å². The maximum Gasteiger partial charge on any atom is 0.234 e. The van der Waals surface area contributed by atoms with E-state index in [9.17, 15) is 4.79 Å². The molecule has 0 aromatic rings. The summed E-state index contributed by atoms with van der Waals surface area (Å²) in [5.74, 6) is -0.136. The molecular weight excluding hydrogens is 208 g/mol. The molecule has 1 heterocycles. The largest absolute Gasteiger partial charge is 0.379 e. The quantitative estimate of drug-likeness (QED) is 0.428. The van der Waals surface area contributed by atoms with E-state index in [1.54, 1.807) is 0 Å². The first kappa shape index (κ1) is 12.9. The van der Waals surface area contributed by atoms with Crippen molar-refractivity contribution in [1.29, 1.82) is 5.26 Å². The van der Waals surface area contributed by atoms with E-state index in [0.29, 0.717) is 0 Å². The second-order valence-electron chi connectivity index (χ2n) is 3.57. The molecule has 6 heteroatoms. The van der Waals surface area contributed by atoms with Crippen molar-refractivity contribution >= 4 is 5.91 Å². The van der Waals surface area contributed by atoms with Gasteiger partial charge in [-0.15, -0.1) is 0 Å². The lowest BCUT2D eigenvalue weighted by atomic mass is 10.4. The number of amides is 1. The van der Waals surface area contributed by atoms with Crippen LogP contribution in [0.4, 0.5) is 0 Å². The highest BCUT2D eigenvalue weighted by atomic mass is 16.5. The Morgan fingerprint density at radius 1 is 1.44 bits per heavy atom. The summed E-state index contributed by atoms with van der Waals surface area (Å²) in [5, 5.41) is 13.8. The second kappa shape index (κ2) is 8.05. The zero-order chi connectivity index (χ0) is 11.6. The van der Waals surface area contributed by atoms with E-state index in [1.807, 2.05) is 6.07 Å². The van der Waals surface area contributed by atoms with E-state index in [2.05, 4.69) is 15.5 Å². The molecule has 0 saturated carbocycles. The van der Waals surface area contributed by atoms with Crippen molar-refractivity contribution in [2.45, 2.75) is 0 Å². The van der Waals surface area contributed by atoms with Crippen molar-refractivity contribution in [3.63, 3.8) is 0 Å². The number of rotatable bonds is 6. The molecule has 1 saturated heterocycles. The average Bonchev–Trinajstić information content (AvgIpc) is 2.33. The van der Waals surface area contributed by atoms with Crippen LogP contribution in [0.2, 0.25) is 0 Å². The number of hydrogen-bond donors (Lipinski definition) is 2. The summed E-state index contributed by atoms with van der Waals surface area (Å²) >= 11 is 0. The van der Waals surface area contributed by atoms with Crippen LogP contribution in [0.3, 0.4) is 0 Å². The van der Waals surface area contributed by atoms with Gasteiger partial charge in [-0.3, -0.25) is 9.69 Å². The Morgan fingerprint density at radius 3 is 2.88 bits per heavy atom. The van der Waals surface area contributed by atoms with Gasteiger partial charge in [0.15, 0.2) is 0 Å². The third-order valence-corrected chi connectivity index (χ3v) is 2.36. The Hall–Kier alpha value is -1.16. The van der Waals surface area contributed by atoms with Crippen molar-refractivity contribution in [1.82, 2.24) is 15.5 Å². The zero-order valence-electron chi connectivity index (χ0n) is 9.37. The molecule has 16 heavy (non-hydrogen) atoms. The molecular formula is C10H18N4O2. The number of hydrogen-bond acceptors (Lipinski definition) is 5. The summed E-state index contributed by atoms with van der Waals surface area (Å²) in [6.07, 6.45) is 0. The molecule has 1 fully saturated rings. The van der Waals surface area contributed by atoms with Crippen LogP contribution in [0.25, 0.3) is 0 Å². The van der Waals surface area contributed by atoms with Crippen LogP contribution < -0.4 is 10.6 Å². The van der Waals surface area contributed by atoms with Gasteiger partial charge in [0.2, 0.25) is 5.91 Å². The number of carbonyl (C=O) groups is 1. The maximum atomic E-state index is 11.1. The summed E-state index contributed by atoms with van der Waals surface area (Å²) in [4.78, 5) is 13.4. The summed E-state index contributed by atoms with van der Waals surface area (Å²) in [6.45, 7) is 5.56. The minimum atomic E-state index is -0.136. The fourth-order valence-corrected chi connectivity index (χ4v) is 1.46. The topological polar surface area (TPSA) is 77.4 Å². The van der Waals surface area contributed by atoms with Gasteiger partial charge in [0.1, 0.15) is 6.54 Å². The summed E-state index contributed by atoms with van der Waals surface area (Å²) in [5.41, 5.74) is 0. The van der Waals surface area contributed by atoms with Crippen molar-refractivity contribution in [3.05, 3.63) is 0 Å². The number of nitrogens with zero attached hydrogens (tertiary/aromatic N) is 2. The van der Waals surface area contributed by atoms with E-state index >= 15 is 0 Å². The monoisotopic (exact) mass is 226 g/mol. The molecule has 0 bridgehead atoms. The molecule has 90 valence electrons. The molecule has 0 unspecified atom stereocenters. The highest BCUT2D eigenvalue weighted by Crippen LogP contribution is 1.94. The van der Waals surface area contributed by atoms with Crippen molar-refractivity contribution in [3.8, 4) is 6.07 Å². The predicted molar refractivity (Wildman–Crippen MR) is 58.8 cm³/mol. The second-order valence-corrected chi connectivity index (χ2v) is 3.57. The normalized spacial score (nSPS) is 16.7. The first-order chi connectivity index (χ1) is 7.83.